The van der Waals surface area contributed by atoms with Crippen molar-refractivity contribution in [3.05, 3.63) is 58.7 Å². The Balaban J connectivity index is 1.62. The molecule has 1 saturated heterocycles. The van der Waals surface area contributed by atoms with Crippen molar-refractivity contribution >= 4 is 91.4 Å². The largest absolute Gasteiger partial charge is 0.822 e. The van der Waals surface area contributed by atoms with E-state index in [1.54, 1.807) is 31.9 Å². The van der Waals surface area contributed by atoms with Crippen LogP contribution in [0.5, 0.6) is 5.88 Å². The maximum absolute atomic E-state index is 13.4. The Bertz CT molecular complexity index is 1670. The number of thiazole rings is 2. The first-order valence-electron chi connectivity index (χ1n) is 12.3. The second-order valence-corrected chi connectivity index (χ2v) is 13.2. The van der Waals surface area contributed by atoms with Gasteiger partial charge in [0.15, 0.2) is 5.88 Å². The van der Waals surface area contributed by atoms with Gasteiger partial charge in [0.2, 0.25) is 0 Å². The van der Waals surface area contributed by atoms with Crippen molar-refractivity contribution in [2.45, 2.75) is 45.7 Å². The molecule has 12 heteroatoms. The summed E-state index contributed by atoms with van der Waals surface area (Å²) in [6.07, 6.45) is 3.74. The number of para-hydroxylation sites is 1. The lowest BCUT2D eigenvalue weighted by molar-refractivity contribution is -0.729. The number of nitrogens with zero attached hydrogens (tertiary/aromatic N) is 4. The summed E-state index contributed by atoms with van der Waals surface area (Å²) in [5.41, 5.74) is 0.966. The second-order valence-electron chi connectivity index (χ2n) is 8.36. The van der Waals surface area contributed by atoms with Gasteiger partial charge in [-0.25, -0.2) is 0 Å². The summed E-state index contributed by atoms with van der Waals surface area (Å²) >= 11 is 10.9. The molecule has 3 aromatic rings. The fourth-order valence-corrected chi connectivity index (χ4v) is 9.52. The van der Waals surface area contributed by atoms with Crippen LogP contribution in [0.3, 0.4) is 0 Å². The summed E-state index contributed by atoms with van der Waals surface area (Å²) in [6.45, 7) is 10.1. The van der Waals surface area contributed by atoms with E-state index in [9.17, 15) is 14.7 Å². The Morgan fingerprint density at radius 3 is 2.37 bits per heavy atom. The van der Waals surface area contributed by atoms with Crippen LogP contribution in [0.25, 0.3) is 17.1 Å². The predicted octanol–water partition coefficient (Wildman–Crippen LogP) is 3.12. The Labute approximate surface area is 242 Å². The molecule has 0 saturated carbocycles. The van der Waals surface area contributed by atoms with E-state index >= 15 is 0 Å². The Kier molecular flexibility index (Phi) is 7.88. The van der Waals surface area contributed by atoms with Gasteiger partial charge in [0, 0.05) is 24.5 Å². The van der Waals surface area contributed by atoms with Gasteiger partial charge in [0.25, 0.3) is 16.5 Å². The quantitative estimate of drug-likeness (QED) is 0.317. The number of anilines is 1. The average molecular weight is 603 g/mol. The van der Waals surface area contributed by atoms with Crippen LogP contribution in [0.1, 0.15) is 37.6 Å². The number of carbonyl (C=O) groups excluding carboxylic acids is 1. The number of rotatable bonds is 6. The van der Waals surface area contributed by atoms with Gasteiger partial charge in [0.1, 0.15) is 20.4 Å². The van der Waals surface area contributed by atoms with Crippen LogP contribution in [-0.2, 0) is 17.9 Å². The fraction of sp³-hybridized carbons (Fsp3) is 0.308. The van der Waals surface area contributed by atoms with Gasteiger partial charge in [0.05, 0.1) is 26.2 Å². The molecule has 2 aliphatic rings. The first-order chi connectivity index (χ1) is 18.3. The van der Waals surface area contributed by atoms with Crippen molar-refractivity contribution in [3.8, 4) is 5.88 Å². The molecule has 0 bridgehead atoms. The number of aromatic nitrogens is 2. The average Bonchev–Trinajstić information content (AvgIpc) is 3.60. The lowest BCUT2D eigenvalue weighted by Crippen LogP contribution is -2.37. The van der Waals surface area contributed by atoms with Crippen LogP contribution in [-0.4, -0.2) is 32.8 Å². The molecular formula is C26H26N4O3S5. The molecule has 0 radical (unpaired) electrons. The van der Waals surface area contributed by atoms with E-state index in [4.69, 9.17) is 12.2 Å². The van der Waals surface area contributed by atoms with E-state index in [0.29, 0.717) is 42.9 Å². The standard InChI is InChI=1S/C26H26N4O3S5/c1-5-27-15-11-9-10-12-16(15)35-19(27)14-20-28(6-2)22(31)17(36-20)13-18-23(32)29(7-3)25(37-18)21-24(33)30(8-4)26(34)38-21/h9-14H,5-8H2,1-4H3/b25-21-. The molecule has 0 atom stereocenters. The molecule has 38 heavy (non-hydrogen) atoms. The third kappa shape index (κ3) is 4.56. The summed E-state index contributed by atoms with van der Waals surface area (Å²) in [7, 11) is 0. The van der Waals surface area contributed by atoms with E-state index in [0.717, 1.165) is 16.6 Å². The van der Waals surface area contributed by atoms with E-state index in [1.807, 2.05) is 32.9 Å². The van der Waals surface area contributed by atoms with Crippen molar-refractivity contribution in [3.63, 3.8) is 0 Å². The minimum Gasteiger partial charge on any atom is -0.822 e. The van der Waals surface area contributed by atoms with Crippen LogP contribution in [0.4, 0.5) is 5.69 Å². The Morgan fingerprint density at radius 2 is 1.71 bits per heavy atom. The first-order valence-corrected chi connectivity index (χ1v) is 16.0. The normalized spacial score (nSPS) is 18.4. The first kappa shape index (κ1) is 27.2. The minimum atomic E-state index is -0.205. The SMILES string of the molecule is CCN1C(=O)/C(=c2/s/c(=C/c3sc(/C=C4/Sc5ccccc5N4CC)[n+](CC)c3[O-])c(=O)n2CC)SC1=S. The number of benzene rings is 1. The van der Waals surface area contributed by atoms with E-state index in [-0.39, 0.29) is 17.3 Å². The van der Waals surface area contributed by atoms with Crippen molar-refractivity contribution in [1.29, 1.82) is 0 Å². The van der Waals surface area contributed by atoms with Gasteiger partial charge < -0.3 is 10.0 Å². The number of hydrogen-bond donors (Lipinski definition) is 0. The molecule has 2 aliphatic heterocycles. The van der Waals surface area contributed by atoms with Crippen LogP contribution >= 0.6 is 58.4 Å². The number of hydrogen-bond acceptors (Lipinski definition) is 9. The van der Waals surface area contributed by atoms with Gasteiger partial charge in [-0.15, -0.1) is 11.3 Å². The Morgan fingerprint density at radius 1 is 0.974 bits per heavy atom. The molecule has 7 nitrogen and oxygen atoms in total. The maximum atomic E-state index is 13.4. The van der Waals surface area contributed by atoms with Gasteiger partial charge in [-0.3, -0.25) is 19.1 Å². The van der Waals surface area contributed by atoms with Crippen LogP contribution in [0.2, 0.25) is 0 Å². The molecule has 0 unspecified atom stereocenters. The van der Waals surface area contributed by atoms with Crippen LogP contribution in [0.15, 0.2) is 39.0 Å². The number of thioether (sulfide) groups is 2. The highest BCUT2D eigenvalue weighted by Gasteiger charge is 2.33. The molecule has 1 fully saturated rings. The third-order valence-corrected chi connectivity index (χ3v) is 11.2. The lowest BCUT2D eigenvalue weighted by atomic mass is 10.3. The summed E-state index contributed by atoms with van der Waals surface area (Å²) in [5.74, 6) is -0.297. The predicted molar refractivity (Wildman–Crippen MR) is 161 cm³/mol. The van der Waals surface area contributed by atoms with Gasteiger partial charge in [-0.2, -0.15) is 4.57 Å². The molecule has 0 N–H and O–H groups in total. The number of carbonyl (C=O) groups is 1. The third-order valence-electron chi connectivity index (χ3n) is 6.30. The summed E-state index contributed by atoms with van der Waals surface area (Å²) in [4.78, 5) is 32.2. The molecule has 0 aliphatic carbocycles. The maximum Gasteiger partial charge on any atom is 0.269 e. The topological polar surface area (TPSA) is 72.5 Å². The van der Waals surface area contributed by atoms with Crippen molar-refractivity contribution in [1.82, 2.24) is 9.47 Å². The van der Waals surface area contributed by atoms with Crippen molar-refractivity contribution in [2.24, 2.45) is 0 Å². The van der Waals surface area contributed by atoms with Gasteiger partial charge in [-0.1, -0.05) is 59.2 Å². The number of amides is 1. The zero-order valence-corrected chi connectivity index (χ0v) is 25.4. The molecular weight excluding hydrogens is 577 g/mol. The van der Waals surface area contributed by atoms with E-state index in [1.165, 1.54) is 45.0 Å². The van der Waals surface area contributed by atoms with Crippen molar-refractivity contribution < 1.29 is 14.5 Å². The van der Waals surface area contributed by atoms with Crippen molar-refractivity contribution in [2.75, 3.05) is 18.0 Å². The Hall–Kier alpha value is -2.38. The molecule has 0 spiro atoms. The minimum absolute atomic E-state index is 0.123. The zero-order chi connectivity index (χ0) is 27.1. The molecule has 5 rings (SSSR count). The fourth-order valence-electron chi connectivity index (χ4n) is 4.43. The van der Waals surface area contributed by atoms with E-state index < -0.39 is 0 Å². The summed E-state index contributed by atoms with van der Waals surface area (Å²) < 4.78 is 4.86. The highest BCUT2D eigenvalue weighted by Crippen LogP contribution is 2.46. The highest BCUT2D eigenvalue weighted by atomic mass is 32.2. The highest BCUT2D eigenvalue weighted by molar-refractivity contribution is 8.30. The van der Waals surface area contributed by atoms with E-state index in [2.05, 4.69) is 30.0 Å². The van der Waals surface area contributed by atoms with Crippen LogP contribution < -0.4 is 29.3 Å². The molecule has 198 valence electrons. The lowest BCUT2D eigenvalue weighted by Gasteiger charge is -2.17. The van der Waals surface area contributed by atoms with Crippen LogP contribution in [0, 0.1) is 0 Å². The number of thiocarbonyl (C=S) groups is 1. The summed E-state index contributed by atoms with van der Waals surface area (Å²) in [5, 5.41) is 15.3. The summed E-state index contributed by atoms with van der Waals surface area (Å²) in [6, 6.07) is 8.28. The molecule has 1 aromatic carbocycles. The molecule has 2 aromatic heterocycles. The molecule has 4 heterocycles. The number of fused-ring (bicyclic) bond motifs is 1. The smallest absolute Gasteiger partial charge is 0.269 e. The zero-order valence-electron chi connectivity index (χ0n) is 21.3. The van der Waals surface area contributed by atoms with Gasteiger partial charge in [-0.05, 0) is 45.9 Å². The monoisotopic (exact) mass is 602 g/mol. The van der Waals surface area contributed by atoms with Gasteiger partial charge >= 0.3 is 0 Å². The molecule has 1 amide bonds. The second kappa shape index (κ2) is 11.0.